The summed E-state index contributed by atoms with van der Waals surface area (Å²) in [5, 5.41) is 0.898. The van der Waals surface area contributed by atoms with Crippen LogP contribution in [0.3, 0.4) is 0 Å². The number of hydrogen-bond acceptors (Lipinski definition) is 5. The highest BCUT2D eigenvalue weighted by atomic mass is 35.5. The summed E-state index contributed by atoms with van der Waals surface area (Å²) in [4.78, 5) is 16.5. The molecule has 0 fully saturated rings. The predicted molar refractivity (Wildman–Crippen MR) is 95.6 cm³/mol. The number of aliphatic imine (C=N–C) groups is 1. The van der Waals surface area contributed by atoms with E-state index in [9.17, 15) is 4.79 Å². The molecular weight excluding hydrogens is 365 g/mol. The highest BCUT2D eigenvalue weighted by Crippen LogP contribution is 2.36. The van der Waals surface area contributed by atoms with Crippen LogP contribution in [0, 0.1) is 0 Å². The smallest absolute Gasteiger partial charge is 0.335 e. The van der Waals surface area contributed by atoms with Crippen molar-refractivity contribution >= 4 is 35.1 Å². The molecule has 2 aromatic carbocycles. The molecule has 0 aliphatic carbocycles. The molecule has 2 atom stereocenters. The first-order chi connectivity index (χ1) is 12.0. The highest BCUT2D eigenvalue weighted by molar-refractivity contribution is 6.35. The quantitative estimate of drug-likeness (QED) is 0.751. The van der Waals surface area contributed by atoms with Crippen molar-refractivity contribution in [1.29, 1.82) is 0 Å². The zero-order valence-corrected chi connectivity index (χ0v) is 15.0. The van der Waals surface area contributed by atoms with Crippen molar-refractivity contribution in [1.82, 2.24) is 0 Å². The molecule has 0 saturated heterocycles. The van der Waals surface area contributed by atoms with E-state index >= 15 is 0 Å². The Morgan fingerprint density at radius 3 is 2.44 bits per heavy atom. The average Bonchev–Trinajstić information content (AvgIpc) is 3.06. The molecular formula is C18H15Cl2NO4. The lowest BCUT2D eigenvalue weighted by Gasteiger charge is -2.18. The first-order valence-corrected chi connectivity index (χ1v) is 8.20. The third-order valence-electron chi connectivity index (χ3n) is 3.83. The molecule has 7 heteroatoms. The van der Waals surface area contributed by atoms with Gasteiger partial charge in [0.05, 0.1) is 14.2 Å². The molecule has 3 rings (SSSR count). The summed E-state index contributed by atoms with van der Waals surface area (Å²) >= 11 is 12.2. The Hall–Kier alpha value is -2.24. The van der Waals surface area contributed by atoms with Crippen molar-refractivity contribution < 1.29 is 19.0 Å². The van der Waals surface area contributed by atoms with Gasteiger partial charge >= 0.3 is 5.97 Å². The van der Waals surface area contributed by atoms with Crippen LogP contribution in [0.2, 0.25) is 10.0 Å². The lowest BCUT2D eigenvalue weighted by molar-refractivity contribution is -0.143. The average molecular weight is 380 g/mol. The zero-order valence-electron chi connectivity index (χ0n) is 13.5. The summed E-state index contributed by atoms with van der Waals surface area (Å²) in [6.45, 7) is 0. The summed E-state index contributed by atoms with van der Waals surface area (Å²) in [5.74, 6) is 0.553. The molecule has 0 saturated carbocycles. The molecule has 0 radical (unpaired) electrons. The molecule has 5 nitrogen and oxygen atoms in total. The van der Waals surface area contributed by atoms with Gasteiger partial charge in [0.15, 0.2) is 12.1 Å². The third kappa shape index (κ3) is 3.57. The Balaban J connectivity index is 1.96. The molecule has 2 aromatic rings. The van der Waals surface area contributed by atoms with Crippen molar-refractivity contribution in [3.8, 4) is 5.75 Å². The monoisotopic (exact) mass is 379 g/mol. The Morgan fingerprint density at radius 1 is 1.12 bits per heavy atom. The fraction of sp³-hybridized carbons (Fsp3) is 0.222. The van der Waals surface area contributed by atoms with Gasteiger partial charge in [0.2, 0.25) is 5.90 Å². The fourth-order valence-electron chi connectivity index (χ4n) is 2.55. The van der Waals surface area contributed by atoms with E-state index in [0.29, 0.717) is 27.3 Å². The van der Waals surface area contributed by atoms with E-state index in [2.05, 4.69) is 4.99 Å². The van der Waals surface area contributed by atoms with Gasteiger partial charge in [-0.05, 0) is 36.4 Å². The van der Waals surface area contributed by atoms with Gasteiger partial charge < -0.3 is 14.2 Å². The van der Waals surface area contributed by atoms with E-state index < -0.39 is 18.1 Å². The molecule has 1 aliphatic rings. The largest absolute Gasteiger partial charge is 0.497 e. The molecule has 0 N–H and O–H groups in total. The summed E-state index contributed by atoms with van der Waals surface area (Å²) in [5.41, 5.74) is 1.34. The number of esters is 1. The first-order valence-electron chi connectivity index (χ1n) is 7.45. The van der Waals surface area contributed by atoms with Crippen LogP contribution in [-0.4, -0.2) is 32.1 Å². The van der Waals surface area contributed by atoms with E-state index in [1.165, 1.54) is 7.11 Å². The fourth-order valence-corrected chi connectivity index (χ4v) is 3.06. The van der Waals surface area contributed by atoms with Crippen LogP contribution in [0.15, 0.2) is 47.5 Å². The van der Waals surface area contributed by atoms with Gasteiger partial charge in [0.1, 0.15) is 5.75 Å². The van der Waals surface area contributed by atoms with Gasteiger partial charge in [-0.3, -0.25) is 0 Å². The summed E-state index contributed by atoms with van der Waals surface area (Å²) < 4.78 is 15.9. The Labute approximate surface area is 155 Å². The lowest BCUT2D eigenvalue weighted by Crippen LogP contribution is -2.25. The Morgan fingerprint density at radius 2 is 1.84 bits per heavy atom. The standard InChI is InChI=1S/C18H15Cl2NO4/c1-23-12-6-3-10(4-7-12)17-21-15(18(22)24-2)16(25-17)13-8-5-11(19)9-14(13)20/h3-9,15-16H,1-2H3/t15-,16+/m0/s1. The number of methoxy groups -OCH3 is 2. The van der Waals surface area contributed by atoms with E-state index in [0.717, 1.165) is 5.56 Å². The molecule has 25 heavy (non-hydrogen) atoms. The minimum absolute atomic E-state index is 0.342. The van der Waals surface area contributed by atoms with Gasteiger partial charge in [-0.1, -0.05) is 29.3 Å². The van der Waals surface area contributed by atoms with Crippen LogP contribution in [-0.2, 0) is 14.3 Å². The highest BCUT2D eigenvalue weighted by Gasteiger charge is 2.39. The molecule has 0 spiro atoms. The van der Waals surface area contributed by atoms with Crippen molar-refractivity contribution in [3.63, 3.8) is 0 Å². The molecule has 0 bridgehead atoms. The van der Waals surface area contributed by atoms with Crippen molar-refractivity contribution in [2.24, 2.45) is 4.99 Å². The second-order valence-corrected chi connectivity index (χ2v) is 6.18. The molecule has 0 amide bonds. The first kappa shape index (κ1) is 17.6. The normalized spacial score (nSPS) is 19.1. The topological polar surface area (TPSA) is 57.1 Å². The number of carbonyl (C=O) groups excluding carboxylic acids is 1. The molecule has 1 aliphatic heterocycles. The van der Waals surface area contributed by atoms with Crippen molar-refractivity contribution in [2.45, 2.75) is 12.1 Å². The van der Waals surface area contributed by atoms with Gasteiger partial charge in [-0.2, -0.15) is 0 Å². The maximum atomic E-state index is 12.2. The summed E-state index contributed by atoms with van der Waals surface area (Å²) in [7, 11) is 2.90. The van der Waals surface area contributed by atoms with E-state index in [1.807, 2.05) is 0 Å². The van der Waals surface area contributed by atoms with Crippen molar-refractivity contribution in [2.75, 3.05) is 14.2 Å². The van der Waals surface area contributed by atoms with E-state index in [1.54, 1.807) is 49.6 Å². The van der Waals surface area contributed by atoms with Crippen LogP contribution in [0.5, 0.6) is 5.75 Å². The van der Waals surface area contributed by atoms with Crippen LogP contribution in [0.1, 0.15) is 17.2 Å². The summed E-state index contributed by atoms with van der Waals surface area (Å²) in [6, 6.07) is 11.3. The Bertz CT molecular complexity index is 820. The SMILES string of the molecule is COC(=O)[C@H]1N=C(c2ccc(OC)cc2)O[C@@H]1c1ccc(Cl)cc1Cl. The zero-order chi connectivity index (χ0) is 18.0. The van der Waals surface area contributed by atoms with E-state index in [-0.39, 0.29) is 0 Å². The molecule has 1 heterocycles. The van der Waals surface area contributed by atoms with Gasteiger partial charge in [0.25, 0.3) is 0 Å². The lowest BCUT2D eigenvalue weighted by atomic mass is 10.0. The van der Waals surface area contributed by atoms with Gasteiger partial charge in [-0.25, -0.2) is 9.79 Å². The number of nitrogens with zero attached hydrogens (tertiary/aromatic N) is 1. The number of rotatable bonds is 4. The minimum Gasteiger partial charge on any atom is -0.497 e. The van der Waals surface area contributed by atoms with Crippen molar-refractivity contribution in [3.05, 3.63) is 63.6 Å². The molecule has 130 valence electrons. The van der Waals surface area contributed by atoms with Crippen LogP contribution >= 0.6 is 23.2 Å². The maximum absolute atomic E-state index is 12.2. The number of carbonyl (C=O) groups is 1. The second kappa shape index (κ2) is 7.33. The van der Waals surface area contributed by atoms with Gasteiger partial charge in [-0.15, -0.1) is 0 Å². The summed E-state index contributed by atoms with van der Waals surface area (Å²) in [6.07, 6.45) is -0.686. The van der Waals surface area contributed by atoms with Crippen LogP contribution < -0.4 is 4.74 Å². The predicted octanol–water partition coefficient (Wildman–Crippen LogP) is 4.06. The third-order valence-corrected chi connectivity index (χ3v) is 4.39. The van der Waals surface area contributed by atoms with Crippen LogP contribution in [0.4, 0.5) is 0 Å². The van der Waals surface area contributed by atoms with E-state index in [4.69, 9.17) is 37.4 Å². The number of benzene rings is 2. The van der Waals surface area contributed by atoms with Crippen LogP contribution in [0.25, 0.3) is 0 Å². The molecule has 0 unspecified atom stereocenters. The number of hydrogen-bond donors (Lipinski definition) is 0. The van der Waals surface area contributed by atoms with Gasteiger partial charge in [0, 0.05) is 21.2 Å². The number of ether oxygens (including phenoxy) is 3. The molecule has 0 aromatic heterocycles. The Kier molecular flexibility index (Phi) is 5.16. The maximum Gasteiger partial charge on any atom is 0.335 e. The number of halogens is 2. The second-order valence-electron chi connectivity index (χ2n) is 5.34. The minimum atomic E-state index is -0.847.